The third kappa shape index (κ3) is 3.68. The highest BCUT2D eigenvalue weighted by atomic mass is 32.1. The van der Waals surface area contributed by atoms with Gasteiger partial charge in [-0.3, -0.25) is 9.69 Å². The summed E-state index contributed by atoms with van der Waals surface area (Å²) in [6, 6.07) is 4.98. The minimum Gasteiger partial charge on any atom is -0.295 e. The number of nitrogens with zero attached hydrogens (tertiary/aromatic N) is 1. The Morgan fingerprint density at radius 1 is 1.32 bits per heavy atom. The normalized spacial score (nSPS) is 10.9. The maximum Gasteiger partial charge on any atom is 0.179 e. The average Bonchev–Trinajstić information content (AvgIpc) is 2.81. The summed E-state index contributed by atoms with van der Waals surface area (Å²) < 4.78 is 26.2. The molecule has 100 valence electrons. The van der Waals surface area contributed by atoms with E-state index in [1.54, 1.807) is 23.3 Å². The van der Waals surface area contributed by atoms with Crippen LogP contribution < -0.4 is 0 Å². The minimum atomic E-state index is -0.811. The SMILES string of the molecule is CN(CC(=O)c1ccc(F)cc1F)Cc1ccsc1. The second kappa shape index (κ2) is 6.04. The molecule has 0 unspecified atom stereocenters. The first kappa shape index (κ1) is 13.8. The number of hydrogen-bond acceptors (Lipinski definition) is 3. The van der Waals surface area contributed by atoms with Crippen molar-refractivity contribution in [3.8, 4) is 0 Å². The smallest absolute Gasteiger partial charge is 0.179 e. The molecule has 0 spiro atoms. The van der Waals surface area contributed by atoms with E-state index in [0.717, 1.165) is 17.7 Å². The molecule has 0 N–H and O–H groups in total. The Morgan fingerprint density at radius 2 is 2.11 bits per heavy atom. The molecule has 0 amide bonds. The Hall–Kier alpha value is -1.59. The number of halogens is 2. The standard InChI is InChI=1S/C14H13F2NOS/c1-17(7-10-4-5-19-9-10)8-14(18)12-3-2-11(15)6-13(12)16/h2-6,9H,7-8H2,1H3. The van der Waals surface area contributed by atoms with Crippen LogP contribution in [-0.2, 0) is 6.54 Å². The molecule has 2 nitrogen and oxygen atoms in total. The molecule has 1 aromatic heterocycles. The van der Waals surface area contributed by atoms with Gasteiger partial charge in [0.1, 0.15) is 11.6 Å². The number of carbonyl (C=O) groups is 1. The zero-order valence-electron chi connectivity index (χ0n) is 10.4. The maximum atomic E-state index is 13.5. The van der Waals surface area contributed by atoms with Crippen LogP contribution >= 0.6 is 11.3 Å². The number of thiophene rings is 1. The van der Waals surface area contributed by atoms with Crippen LogP contribution in [-0.4, -0.2) is 24.3 Å². The van der Waals surface area contributed by atoms with Gasteiger partial charge in [-0.15, -0.1) is 0 Å². The molecule has 2 rings (SSSR count). The second-order valence-electron chi connectivity index (χ2n) is 4.35. The van der Waals surface area contributed by atoms with E-state index in [9.17, 15) is 13.6 Å². The Bertz CT molecular complexity index is 569. The monoisotopic (exact) mass is 281 g/mol. The number of ketones is 1. The molecule has 0 bridgehead atoms. The molecule has 0 radical (unpaired) electrons. The summed E-state index contributed by atoms with van der Waals surface area (Å²) in [5.74, 6) is -1.84. The molecule has 0 aliphatic rings. The van der Waals surface area contributed by atoms with E-state index in [-0.39, 0.29) is 17.9 Å². The molecule has 0 saturated carbocycles. The van der Waals surface area contributed by atoms with E-state index >= 15 is 0 Å². The molecule has 0 saturated heterocycles. The van der Waals surface area contributed by atoms with Gasteiger partial charge in [0.25, 0.3) is 0 Å². The summed E-state index contributed by atoms with van der Waals surface area (Å²) in [7, 11) is 1.79. The fraction of sp³-hybridized carbons (Fsp3) is 0.214. The molecule has 5 heteroatoms. The van der Waals surface area contributed by atoms with Crippen molar-refractivity contribution < 1.29 is 13.6 Å². The lowest BCUT2D eigenvalue weighted by molar-refractivity contribution is 0.0939. The summed E-state index contributed by atoms with van der Waals surface area (Å²) in [6.07, 6.45) is 0. The van der Waals surface area contributed by atoms with Crippen LogP contribution in [0, 0.1) is 11.6 Å². The van der Waals surface area contributed by atoms with Crippen molar-refractivity contribution in [1.82, 2.24) is 4.90 Å². The number of hydrogen-bond donors (Lipinski definition) is 0. The summed E-state index contributed by atoms with van der Waals surface area (Å²) in [6.45, 7) is 0.719. The van der Waals surface area contributed by atoms with Crippen molar-refractivity contribution in [1.29, 1.82) is 0 Å². The predicted molar refractivity (Wildman–Crippen MR) is 71.3 cm³/mol. The van der Waals surface area contributed by atoms with E-state index in [2.05, 4.69) is 0 Å². The van der Waals surface area contributed by atoms with Gasteiger partial charge in [0, 0.05) is 12.6 Å². The third-order valence-electron chi connectivity index (χ3n) is 2.68. The molecule has 0 fully saturated rings. The highest BCUT2D eigenvalue weighted by molar-refractivity contribution is 7.07. The maximum absolute atomic E-state index is 13.5. The Labute approximate surface area is 114 Å². The van der Waals surface area contributed by atoms with E-state index in [1.807, 2.05) is 16.8 Å². The number of likely N-dealkylation sites (N-methyl/N-ethyl adjacent to an activating group) is 1. The van der Waals surface area contributed by atoms with Crippen LogP contribution in [0.1, 0.15) is 15.9 Å². The van der Waals surface area contributed by atoms with Crippen molar-refractivity contribution >= 4 is 17.1 Å². The minimum absolute atomic E-state index is 0.0708. The molecule has 0 aliphatic heterocycles. The van der Waals surface area contributed by atoms with Gasteiger partial charge in [0.05, 0.1) is 12.1 Å². The van der Waals surface area contributed by atoms with E-state index in [0.29, 0.717) is 6.54 Å². The molecule has 1 heterocycles. The van der Waals surface area contributed by atoms with Gasteiger partial charge in [-0.25, -0.2) is 8.78 Å². The first-order valence-electron chi connectivity index (χ1n) is 5.74. The van der Waals surface area contributed by atoms with E-state index in [4.69, 9.17) is 0 Å². The number of benzene rings is 1. The van der Waals surface area contributed by atoms with Gasteiger partial charge in [-0.2, -0.15) is 11.3 Å². The molecule has 1 aromatic carbocycles. The van der Waals surface area contributed by atoms with E-state index in [1.165, 1.54) is 6.07 Å². The zero-order chi connectivity index (χ0) is 13.8. The van der Waals surface area contributed by atoms with Crippen molar-refractivity contribution in [2.45, 2.75) is 6.54 Å². The molecular weight excluding hydrogens is 268 g/mol. The number of carbonyl (C=O) groups excluding carboxylic acids is 1. The number of rotatable bonds is 5. The van der Waals surface area contributed by atoms with Crippen LogP contribution in [0.2, 0.25) is 0 Å². The average molecular weight is 281 g/mol. The van der Waals surface area contributed by atoms with E-state index < -0.39 is 11.6 Å². The highest BCUT2D eigenvalue weighted by Gasteiger charge is 2.14. The molecular formula is C14H13F2NOS. The van der Waals surface area contributed by atoms with Crippen LogP contribution in [0.15, 0.2) is 35.0 Å². The van der Waals surface area contributed by atoms with Crippen molar-refractivity contribution in [2.75, 3.05) is 13.6 Å². The molecule has 0 atom stereocenters. The summed E-state index contributed by atoms with van der Waals surface area (Å²) in [4.78, 5) is 13.7. The lowest BCUT2D eigenvalue weighted by atomic mass is 10.1. The Kier molecular flexibility index (Phi) is 4.39. The fourth-order valence-electron chi connectivity index (χ4n) is 1.80. The largest absolute Gasteiger partial charge is 0.295 e. The fourth-order valence-corrected chi connectivity index (χ4v) is 2.46. The van der Waals surface area contributed by atoms with Crippen LogP contribution in [0.5, 0.6) is 0 Å². The first-order chi connectivity index (χ1) is 9.06. The van der Waals surface area contributed by atoms with Crippen molar-refractivity contribution in [2.24, 2.45) is 0 Å². The van der Waals surface area contributed by atoms with Crippen LogP contribution in [0.25, 0.3) is 0 Å². The Balaban J connectivity index is 2.00. The Morgan fingerprint density at radius 3 is 2.74 bits per heavy atom. The summed E-state index contributed by atoms with van der Waals surface area (Å²) in [5, 5.41) is 3.96. The number of Topliss-reactive ketones (excluding diaryl/α,β-unsaturated/α-hetero) is 1. The van der Waals surface area contributed by atoms with Gasteiger partial charge >= 0.3 is 0 Å². The third-order valence-corrected chi connectivity index (χ3v) is 3.41. The first-order valence-corrected chi connectivity index (χ1v) is 6.68. The van der Waals surface area contributed by atoms with Crippen LogP contribution in [0.4, 0.5) is 8.78 Å². The van der Waals surface area contributed by atoms with Gasteiger partial charge < -0.3 is 0 Å². The second-order valence-corrected chi connectivity index (χ2v) is 5.13. The zero-order valence-corrected chi connectivity index (χ0v) is 11.2. The molecule has 19 heavy (non-hydrogen) atoms. The van der Waals surface area contributed by atoms with Gasteiger partial charge in [0.2, 0.25) is 0 Å². The van der Waals surface area contributed by atoms with Gasteiger partial charge in [-0.1, -0.05) is 0 Å². The van der Waals surface area contributed by atoms with Crippen molar-refractivity contribution in [3.05, 3.63) is 57.8 Å². The summed E-state index contributed by atoms with van der Waals surface area (Å²) >= 11 is 1.59. The lowest BCUT2D eigenvalue weighted by Crippen LogP contribution is -2.26. The highest BCUT2D eigenvalue weighted by Crippen LogP contribution is 2.12. The molecule has 2 aromatic rings. The quantitative estimate of drug-likeness (QED) is 0.783. The van der Waals surface area contributed by atoms with Crippen molar-refractivity contribution in [3.63, 3.8) is 0 Å². The van der Waals surface area contributed by atoms with Gasteiger partial charge in [-0.05, 0) is 41.6 Å². The predicted octanol–water partition coefficient (Wildman–Crippen LogP) is 3.34. The molecule has 0 aliphatic carbocycles. The van der Waals surface area contributed by atoms with Gasteiger partial charge in [0.15, 0.2) is 5.78 Å². The topological polar surface area (TPSA) is 20.3 Å². The lowest BCUT2D eigenvalue weighted by Gasteiger charge is -2.15. The summed E-state index contributed by atoms with van der Waals surface area (Å²) in [5.41, 5.74) is 1.04. The van der Waals surface area contributed by atoms with Crippen LogP contribution in [0.3, 0.4) is 0 Å².